The first kappa shape index (κ1) is 12.3. The smallest absolute Gasteiger partial charge is 0.231 e. The summed E-state index contributed by atoms with van der Waals surface area (Å²) in [5, 5.41) is 6.22. The average molecular weight is 262 g/mol. The van der Waals surface area contributed by atoms with Gasteiger partial charge in [-0.3, -0.25) is 4.79 Å². The molecule has 0 spiro atoms. The van der Waals surface area contributed by atoms with Crippen LogP contribution in [0.4, 0.5) is 0 Å². The van der Waals surface area contributed by atoms with Crippen LogP contribution in [-0.2, 0) is 11.3 Å². The highest BCUT2D eigenvalue weighted by Gasteiger charge is 2.36. The molecule has 5 heteroatoms. The molecule has 1 fully saturated rings. The number of fused-ring (bicyclic) bond motifs is 1. The van der Waals surface area contributed by atoms with Crippen molar-refractivity contribution in [2.45, 2.75) is 19.9 Å². The van der Waals surface area contributed by atoms with Crippen LogP contribution in [0.2, 0.25) is 0 Å². The minimum atomic E-state index is -0.296. The molecule has 0 radical (unpaired) electrons. The molecule has 1 aromatic carbocycles. The second kappa shape index (κ2) is 4.74. The predicted molar refractivity (Wildman–Crippen MR) is 70.0 cm³/mol. The zero-order valence-corrected chi connectivity index (χ0v) is 11.0. The molecule has 2 aliphatic heterocycles. The minimum absolute atomic E-state index is 0.0917. The molecule has 2 N–H and O–H groups in total. The summed E-state index contributed by atoms with van der Waals surface area (Å²) in [6.07, 6.45) is 0.880. The van der Waals surface area contributed by atoms with E-state index in [1.54, 1.807) is 0 Å². The second-order valence-electron chi connectivity index (χ2n) is 5.32. The van der Waals surface area contributed by atoms with E-state index in [9.17, 15) is 4.79 Å². The van der Waals surface area contributed by atoms with E-state index in [2.05, 4.69) is 10.6 Å². The van der Waals surface area contributed by atoms with Crippen molar-refractivity contribution in [3.63, 3.8) is 0 Å². The molecule has 1 atom stereocenters. The maximum atomic E-state index is 12.2. The normalized spacial score (nSPS) is 24.5. The highest BCUT2D eigenvalue weighted by Crippen LogP contribution is 2.35. The van der Waals surface area contributed by atoms with E-state index in [1.807, 2.05) is 25.1 Å². The van der Waals surface area contributed by atoms with Gasteiger partial charge in [0, 0.05) is 18.7 Å². The van der Waals surface area contributed by atoms with E-state index < -0.39 is 0 Å². The topological polar surface area (TPSA) is 59.6 Å². The van der Waals surface area contributed by atoms with Crippen LogP contribution < -0.4 is 20.1 Å². The lowest BCUT2D eigenvalue weighted by Crippen LogP contribution is -2.40. The van der Waals surface area contributed by atoms with Crippen LogP contribution in [0.1, 0.15) is 18.9 Å². The van der Waals surface area contributed by atoms with Crippen molar-refractivity contribution in [1.82, 2.24) is 10.6 Å². The maximum absolute atomic E-state index is 12.2. The summed E-state index contributed by atoms with van der Waals surface area (Å²) in [5.74, 6) is 1.59. The number of ether oxygens (including phenoxy) is 2. The Balaban J connectivity index is 1.67. The number of nitrogens with one attached hydrogen (secondary N) is 2. The number of carbonyl (C=O) groups excluding carboxylic acids is 1. The molecule has 2 heterocycles. The highest BCUT2D eigenvalue weighted by atomic mass is 16.7. The monoisotopic (exact) mass is 262 g/mol. The third kappa shape index (κ3) is 2.26. The Kier molecular flexibility index (Phi) is 3.06. The third-order valence-corrected chi connectivity index (χ3v) is 3.83. The zero-order chi connectivity index (χ0) is 13.3. The fourth-order valence-corrected chi connectivity index (χ4v) is 2.53. The van der Waals surface area contributed by atoms with Crippen molar-refractivity contribution in [2.24, 2.45) is 5.41 Å². The molecular weight excluding hydrogens is 244 g/mol. The van der Waals surface area contributed by atoms with Crippen molar-refractivity contribution in [3.05, 3.63) is 23.8 Å². The van der Waals surface area contributed by atoms with Gasteiger partial charge in [-0.15, -0.1) is 0 Å². The first-order valence-corrected chi connectivity index (χ1v) is 6.56. The summed E-state index contributed by atoms with van der Waals surface area (Å²) in [7, 11) is 0. The van der Waals surface area contributed by atoms with E-state index in [-0.39, 0.29) is 18.1 Å². The van der Waals surface area contributed by atoms with Crippen LogP contribution in [-0.4, -0.2) is 25.8 Å². The molecule has 1 amide bonds. The predicted octanol–water partition coefficient (Wildman–Crippen LogP) is 1.03. The second-order valence-corrected chi connectivity index (χ2v) is 5.32. The highest BCUT2D eigenvalue weighted by molar-refractivity contribution is 5.82. The number of rotatable bonds is 3. The Bertz CT molecular complexity index is 495. The van der Waals surface area contributed by atoms with Gasteiger partial charge < -0.3 is 20.1 Å². The Morgan fingerprint density at radius 3 is 3.16 bits per heavy atom. The van der Waals surface area contributed by atoms with Crippen molar-refractivity contribution in [2.75, 3.05) is 19.9 Å². The van der Waals surface area contributed by atoms with Gasteiger partial charge in [0.2, 0.25) is 12.7 Å². The van der Waals surface area contributed by atoms with E-state index in [0.29, 0.717) is 6.54 Å². The van der Waals surface area contributed by atoms with Gasteiger partial charge in [-0.1, -0.05) is 12.1 Å². The Morgan fingerprint density at radius 2 is 2.37 bits per heavy atom. The van der Waals surface area contributed by atoms with Crippen LogP contribution in [0.25, 0.3) is 0 Å². The van der Waals surface area contributed by atoms with Crippen molar-refractivity contribution in [3.8, 4) is 11.5 Å². The summed E-state index contributed by atoms with van der Waals surface area (Å²) < 4.78 is 10.7. The molecule has 0 bridgehead atoms. The molecule has 5 nitrogen and oxygen atoms in total. The summed E-state index contributed by atoms with van der Waals surface area (Å²) in [4.78, 5) is 12.2. The molecule has 19 heavy (non-hydrogen) atoms. The van der Waals surface area contributed by atoms with Crippen LogP contribution >= 0.6 is 0 Å². The largest absolute Gasteiger partial charge is 0.454 e. The van der Waals surface area contributed by atoms with Gasteiger partial charge in [-0.2, -0.15) is 0 Å². The fourth-order valence-electron chi connectivity index (χ4n) is 2.53. The molecule has 102 valence electrons. The minimum Gasteiger partial charge on any atom is -0.454 e. The first-order valence-electron chi connectivity index (χ1n) is 6.56. The number of benzene rings is 1. The lowest BCUT2D eigenvalue weighted by atomic mass is 9.89. The lowest BCUT2D eigenvalue weighted by molar-refractivity contribution is -0.129. The van der Waals surface area contributed by atoms with E-state index in [0.717, 1.165) is 36.6 Å². The number of hydrogen-bond acceptors (Lipinski definition) is 4. The van der Waals surface area contributed by atoms with Crippen molar-refractivity contribution >= 4 is 5.91 Å². The van der Waals surface area contributed by atoms with Crippen LogP contribution in [0, 0.1) is 5.41 Å². The van der Waals surface area contributed by atoms with Gasteiger partial charge in [-0.25, -0.2) is 0 Å². The summed E-state index contributed by atoms with van der Waals surface area (Å²) >= 11 is 0. The van der Waals surface area contributed by atoms with Gasteiger partial charge in [0.05, 0.1) is 5.41 Å². The third-order valence-electron chi connectivity index (χ3n) is 3.83. The van der Waals surface area contributed by atoms with Gasteiger partial charge in [-0.05, 0) is 26.0 Å². The standard InChI is InChI=1S/C14H18N2O3/c1-14(5-6-15-8-14)13(17)16-7-10-3-2-4-11-12(10)19-9-18-11/h2-4,15H,5-9H2,1H3,(H,16,17)/t14-/m0/s1. The Hall–Kier alpha value is -1.75. The van der Waals surface area contributed by atoms with E-state index in [1.165, 1.54) is 0 Å². The molecule has 3 rings (SSSR count). The SMILES string of the molecule is C[C@]1(C(=O)NCc2cccc3c2OCO3)CCNC1. The number of para-hydroxylation sites is 1. The molecular formula is C14H18N2O3. The molecule has 1 aromatic rings. The zero-order valence-electron chi connectivity index (χ0n) is 11.0. The Labute approximate surface area is 112 Å². The van der Waals surface area contributed by atoms with E-state index >= 15 is 0 Å². The van der Waals surface area contributed by atoms with Crippen molar-refractivity contribution < 1.29 is 14.3 Å². The average Bonchev–Trinajstić information content (AvgIpc) is 3.05. The van der Waals surface area contributed by atoms with Crippen LogP contribution in [0.5, 0.6) is 11.5 Å². The summed E-state index contributed by atoms with van der Waals surface area (Å²) in [6.45, 7) is 4.37. The van der Waals surface area contributed by atoms with Crippen LogP contribution in [0.3, 0.4) is 0 Å². The van der Waals surface area contributed by atoms with Gasteiger partial charge in [0.25, 0.3) is 0 Å². The summed E-state index contributed by atoms with van der Waals surface area (Å²) in [5.41, 5.74) is 0.660. The van der Waals surface area contributed by atoms with Gasteiger partial charge in [0.15, 0.2) is 11.5 Å². The molecule has 2 aliphatic rings. The molecule has 0 aromatic heterocycles. The Morgan fingerprint density at radius 1 is 1.47 bits per heavy atom. The van der Waals surface area contributed by atoms with Gasteiger partial charge >= 0.3 is 0 Å². The molecule has 0 aliphatic carbocycles. The summed E-state index contributed by atoms with van der Waals surface area (Å²) in [6, 6.07) is 5.73. The molecule has 0 unspecified atom stereocenters. The molecule has 0 saturated carbocycles. The quantitative estimate of drug-likeness (QED) is 0.854. The van der Waals surface area contributed by atoms with E-state index in [4.69, 9.17) is 9.47 Å². The first-order chi connectivity index (χ1) is 9.19. The van der Waals surface area contributed by atoms with Crippen molar-refractivity contribution in [1.29, 1.82) is 0 Å². The lowest BCUT2D eigenvalue weighted by Gasteiger charge is -2.21. The number of hydrogen-bond donors (Lipinski definition) is 2. The van der Waals surface area contributed by atoms with Crippen LogP contribution in [0.15, 0.2) is 18.2 Å². The molecule has 1 saturated heterocycles. The maximum Gasteiger partial charge on any atom is 0.231 e. The van der Waals surface area contributed by atoms with Gasteiger partial charge in [0.1, 0.15) is 0 Å². The number of amides is 1. The fraction of sp³-hybridized carbons (Fsp3) is 0.500. The number of carbonyl (C=O) groups is 1.